The molecule has 168 valence electrons. The first kappa shape index (κ1) is 23.0. The standard InChI is InChI=1S/C22H25N5O4S/c1-4-32(29,30)19-10-6-8-17(12-19)26-21-13-20(23-15-24-21)25-16-7-5-9-18(11-16)31-14-22(28)27(2)3/h5-13,15H,4,14H2,1-3H3,(H2,23,24,25,26). The second-order valence-corrected chi connectivity index (χ2v) is 9.35. The van der Waals surface area contributed by atoms with E-state index in [2.05, 4.69) is 20.6 Å². The van der Waals surface area contributed by atoms with Crippen molar-refractivity contribution in [3.63, 3.8) is 0 Å². The second kappa shape index (κ2) is 10.1. The summed E-state index contributed by atoms with van der Waals surface area (Å²) in [7, 11) is 0.0383. The van der Waals surface area contributed by atoms with Gasteiger partial charge in [0.1, 0.15) is 23.7 Å². The molecular formula is C22H25N5O4S. The number of nitrogens with one attached hydrogen (secondary N) is 2. The van der Waals surface area contributed by atoms with Gasteiger partial charge in [0.25, 0.3) is 5.91 Å². The van der Waals surface area contributed by atoms with Gasteiger partial charge in [0.2, 0.25) is 0 Å². The molecule has 1 aromatic heterocycles. The number of benzene rings is 2. The number of rotatable bonds is 9. The van der Waals surface area contributed by atoms with Gasteiger partial charge in [-0.3, -0.25) is 4.79 Å². The van der Waals surface area contributed by atoms with E-state index < -0.39 is 9.84 Å². The molecule has 0 saturated heterocycles. The summed E-state index contributed by atoms with van der Waals surface area (Å²) < 4.78 is 29.8. The zero-order valence-corrected chi connectivity index (χ0v) is 18.9. The molecule has 3 rings (SSSR count). The summed E-state index contributed by atoms with van der Waals surface area (Å²) in [5, 5.41) is 6.26. The van der Waals surface area contributed by atoms with Gasteiger partial charge in [0.15, 0.2) is 16.4 Å². The first-order valence-corrected chi connectivity index (χ1v) is 11.5. The van der Waals surface area contributed by atoms with Gasteiger partial charge in [-0.2, -0.15) is 0 Å². The van der Waals surface area contributed by atoms with Crippen LogP contribution in [0.2, 0.25) is 0 Å². The predicted molar refractivity (Wildman–Crippen MR) is 123 cm³/mol. The number of hydrogen-bond acceptors (Lipinski definition) is 8. The van der Waals surface area contributed by atoms with Gasteiger partial charge in [0, 0.05) is 37.6 Å². The Hall–Kier alpha value is -3.66. The van der Waals surface area contributed by atoms with Gasteiger partial charge >= 0.3 is 0 Å². The molecule has 0 aliphatic heterocycles. The van der Waals surface area contributed by atoms with Gasteiger partial charge in [-0.15, -0.1) is 0 Å². The largest absolute Gasteiger partial charge is 0.484 e. The molecule has 1 heterocycles. The van der Waals surface area contributed by atoms with E-state index in [0.29, 0.717) is 23.1 Å². The lowest BCUT2D eigenvalue weighted by Gasteiger charge is -2.13. The molecule has 2 N–H and O–H groups in total. The highest BCUT2D eigenvalue weighted by Gasteiger charge is 2.12. The van der Waals surface area contributed by atoms with Crippen molar-refractivity contribution in [2.45, 2.75) is 11.8 Å². The fourth-order valence-corrected chi connectivity index (χ4v) is 3.59. The molecule has 2 aromatic carbocycles. The summed E-state index contributed by atoms with van der Waals surface area (Å²) in [6, 6.07) is 15.5. The van der Waals surface area contributed by atoms with Crippen molar-refractivity contribution in [1.82, 2.24) is 14.9 Å². The van der Waals surface area contributed by atoms with Crippen molar-refractivity contribution in [3.05, 3.63) is 60.9 Å². The van der Waals surface area contributed by atoms with E-state index in [4.69, 9.17) is 4.74 Å². The number of anilines is 4. The Morgan fingerprint density at radius 1 is 0.969 bits per heavy atom. The lowest BCUT2D eigenvalue weighted by Crippen LogP contribution is -2.27. The van der Waals surface area contributed by atoms with E-state index >= 15 is 0 Å². The lowest BCUT2D eigenvalue weighted by molar-refractivity contribution is -0.130. The highest BCUT2D eigenvalue weighted by molar-refractivity contribution is 7.91. The van der Waals surface area contributed by atoms with Crippen LogP contribution in [0.15, 0.2) is 65.8 Å². The Morgan fingerprint density at radius 2 is 1.59 bits per heavy atom. The molecule has 32 heavy (non-hydrogen) atoms. The van der Waals surface area contributed by atoms with Crippen LogP contribution in [0.5, 0.6) is 5.75 Å². The zero-order valence-electron chi connectivity index (χ0n) is 18.1. The molecule has 10 heteroatoms. The predicted octanol–water partition coefficient (Wildman–Crippen LogP) is 3.22. The Bertz CT molecular complexity index is 1200. The van der Waals surface area contributed by atoms with Crippen LogP contribution in [0.3, 0.4) is 0 Å². The topological polar surface area (TPSA) is 114 Å². The second-order valence-electron chi connectivity index (χ2n) is 7.07. The molecule has 1 amide bonds. The molecule has 0 fully saturated rings. The fraction of sp³-hybridized carbons (Fsp3) is 0.227. The van der Waals surface area contributed by atoms with E-state index in [1.165, 1.54) is 11.2 Å². The Morgan fingerprint density at radius 3 is 2.22 bits per heavy atom. The van der Waals surface area contributed by atoms with Crippen LogP contribution in [0, 0.1) is 0 Å². The van der Waals surface area contributed by atoms with Crippen LogP contribution in [-0.4, -0.2) is 55.6 Å². The number of aromatic nitrogens is 2. The molecule has 0 bridgehead atoms. The molecule has 0 aliphatic rings. The molecule has 0 unspecified atom stereocenters. The molecule has 0 saturated carbocycles. The Labute approximate surface area is 187 Å². The van der Waals surface area contributed by atoms with Crippen LogP contribution in [0.4, 0.5) is 23.0 Å². The first-order chi connectivity index (χ1) is 15.3. The summed E-state index contributed by atoms with van der Waals surface area (Å²) >= 11 is 0. The van der Waals surface area contributed by atoms with E-state index in [1.807, 2.05) is 6.07 Å². The van der Waals surface area contributed by atoms with Crippen molar-refractivity contribution in [1.29, 1.82) is 0 Å². The van der Waals surface area contributed by atoms with Gasteiger partial charge in [-0.05, 0) is 30.3 Å². The average molecular weight is 456 g/mol. The zero-order chi connectivity index (χ0) is 23.1. The van der Waals surface area contributed by atoms with Crippen molar-refractivity contribution in [3.8, 4) is 5.75 Å². The van der Waals surface area contributed by atoms with Gasteiger partial charge in [0.05, 0.1) is 10.6 Å². The maximum atomic E-state index is 12.1. The van der Waals surface area contributed by atoms with E-state index in [0.717, 1.165) is 5.69 Å². The number of carbonyl (C=O) groups is 1. The Balaban J connectivity index is 1.70. The smallest absolute Gasteiger partial charge is 0.259 e. The highest BCUT2D eigenvalue weighted by Crippen LogP contribution is 2.24. The highest BCUT2D eigenvalue weighted by atomic mass is 32.2. The number of sulfone groups is 1. The normalized spacial score (nSPS) is 11.0. The average Bonchev–Trinajstić information content (AvgIpc) is 2.78. The van der Waals surface area contributed by atoms with Crippen molar-refractivity contribution < 1.29 is 17.9 Å². The fourth-order valence-electron chi connectivity index (χ4n) is 2.66. The van der Waals surface area contributed by atoms with Crippen LogP contribution < -0.4 is 15.4 Å². The maximum Gasteiger partial charge on any atom is 0.259 e. The van der Waals surface area contributed by atoms with Crippen LogP contribution in [-0.2, 0) is 14.6 Å². The number of nitrogens with zero attached hydrogens (tertiary/aromatic N) is 3. The van der Waals surface area contributed by atoms with E-state index in [9.17, 15) is 13.2 Å². The van der Waals surface area contributed by atoms with Crippen LogP contribution in [0.25, 0.3) is 0 Å². The summed E-state index contributed by atoms with van der Waals surface area (Å²) in [6.07, 6.45) is 1.40. The van der Waals surface area contributed by atoms with Crippen LogP contribution in [0.1, 0.15) is 6.92 Å². The minimum atomic E-state index is -3.30. The summed E-state index contributed by atoms with van der Waals surface area (Å²) in [5.41, 5.74) is 1.32. The number of carbonyl (C=O) groups excluding carboxylic acids is 1. The monoisotopic (exact) mass is 455 g/mol. The van der Waals surface area contributed by atoms with Crippen molar-refractivity contribution >= 4 is 38.8 Å². The van der Waals surface area contributed by atoms with Crippen molar-refractivity contribution in [2.75, 3.05) is 37.1 Å². The number of likely N-dealkylation sites (N-methyl/N-ethyl adjacent to an activating group) is 1. The molecular weight excluding hydrogens is 430 g/mol. The minimum Gasteiger partial charge on any atom is -0.484 e. The molecule has 0 atom stereocenters. The third-order valence-electron chi connectivity index (χ3n) is 4.48. The van der Waals surface area contributed by atoms with Gasteiger partial charge in [-0.1, -0.05) is 19.1 Å². The maximum absolute atomic E-state index is 12.1. The molecule has 0 spiro atoms. The molecule has 3 aromatic rings. The third kappa shape index (κ3) is 6.17. The molecule has 0 radical (unpaired) electrons. The first-order valence-electron chi connectivity index (χ1n) is 9.89. The number of amides is 1. The quantitative estimate of drug-likeness (QED) is 0.506. The summed E-state index contributed by atoms with van der Waals surface area (Å²) in [4.78, 5) is 21.8. The third-order valence-corrected chi connectivity index (χ3v) is 6.21. The number of hydrogen-bond donors (Lipinski definition) is 2. The summed E-state index contributed by atoms with van der Waals surface area (Å²) in [5.74, 6) is 1.47. The SMILES string of the molecule is CCS(=O)(=O)c1cccc(Nc2cc(Nc3cccc(OCC(=O)N(C)C)c3)ncn2)c1. The molecule has 9 nitrogen and oxygen atoms in total. The van der Waals surface area contributed by atoms with E-state index in [1.54, 1.807) is 69.6 Å². The minimum absolute atomic E-state index is 0.0319. The number of ether oxygens (including phenoxy) is 1. The molecule has 0 aliphatic carbocycles. The van der Waals surface area contributed by atoms with E-state index in [-0.39, 0.29) is 23.2 Å². The van der Waals surface area contributed by atoms with Gasteiger partial charge in [-0.25, -0.2) is 18.4 Å². The summed E-state index contributed by atoms with van der Waals surface area (Å²) in [6.45, 7) is 1.56. The van der Waals surface area contributed by atoms with Crippen LogP contribution >= 0.6 is 0 Å². The lowest BCUT2D eigenvalue weighted by atomic mass is 10.3. The Kier molecular flexibility index (Phi) is 7.26. The van der Waals surface area contributed by atoms with Crippen molar-refractivity contribution in [2.24, 2.45) is 0 Å². The van der Waals surface area contributed by atoms with Gasteiger partial charge < -0.3 is 20.3 Å².